The van der Waals surface area contributed by atoms with E-state index in [1.54, 1.807) is 21.3 Å². The van der Waals surface area contributed by atoms with E-state index in [2.05, 4.69) is 69.5 Å². The molecule has 21 nitrogen and oxygen atoms in total. The molecule has 118 heavy (non-hydrogen) atoms. The van der Waals surface area contributed by atoms with E-state index in [1.165, 1.54) is 0 Å². The van der Waals surface area contributed by atoms with Gasteiger partial charge in [-0.05, 0) is 123 Å². The van der Waals surface area contributed by atoms with E-state index in [0.29, 0.717) is 159 Å². The van der Waals surface area contributed by atoms with Crippen molar-refractivity contribution >= 4 is 65.8 Å². The number of fused-ring (bicyclic) bond motifs is 9. The molecule has 6 aromatic heterocycles. The van der Waals surface area contributed by atoms with Crippen molar-refractivity contribution in [3.05, 3.63) is 255 Å². The molecule has 9 aromatic carbocycles. The predicted octanol–water partition coefficient (Wildman–Crippen LogP) is 18.6. The molecular weight excluding hydrogens is 1680 g/mol. The fraction of sp³-hybridized carbons (Fsp3) is 0.281. The largest absolute Gasteiger partial charge is 3.00 e. The number of aromatic nitrogens is 3. The molecule has 0 aliphatic carbocycles. The summed E-state index contributed by atoms with van der Waals surface area (Å²) in [5, 5.41) is 6.46. The van der Waals surface area contributed by atoms with Crippen LogP contribution in [0.25, 0.3) is 133 Å². The second-order valence-electron chi connectivity index (χ2n) is 26.5. The standard InChI is InChI=1S/3C32H32NO6.Ir/c3*1-34-15-16-35-17-18-36-19-20-37-21-22-38-26-11-9-24(10-12-26)25-13-14-33-30(23-25)29-7-4-6-28-27-5-2-3-8-31(27)39-32(28)29;/h3*2-6,8-14,23H,15-22H2,1H3;/q3*-1;+3. The van der Waals surface area contributed by atoms with Gasteiger partial charge in [-0.25, -0.2) is 0 Å². The van der Waals surface area contributed by atoms with Crippen LogP contribution in [0, 0.1) is 18.2 Å². The van der Waals surface area contributed by atoms with Crippen LogP contribution in [-0.4, -0.2) is 195 Å². The Bertz CT molecular complexity index is 4930. The molecule has 6 heterocycles. The molecule has 22 heteroatoms. The minimum absolute atomic E-state index is 0. The van der Waals surface area contributed by atoms with E-state index >= 15 is 0 Å². The quantitative estimate of drug-likeness (QED) is 0.0256. The van der Waals surface area contributed by atoms with Crippen LogP contribution >= 0.6 is 0 Å². The Hall–Kier alpha value is -10.6. The van der Waals surface area contributed by atoms with Gasteiger partial charge in [0, 0.05) is 56.1 Å². The molecule has 0 aliphatic heterocycles. The SMILES string of the molecule is COCCOCCOCCOCCOc1ccc(-c2ccnc(-c3[c-]ccc4c3oc3ccccc34)c2)cc1.COCCOCCOCCOCCOc1ccc(-c2ccnc(-c3[c-]ccc4c3oc3ccccc34)c2)cc1.COCCOCCOCCOCCOc1ccc(-c2ccnc(-c3[c-]ccc4c3oc3ccccc34)c2)cc1.[Ir+3]. The smallest absolute Gasteiger partial charge is 0.501 e. The monoisotopic (exact) mass is 1770 g/mol. The van der Waals surface area contributed by atoms with Crippen molar-refractivity contribution in [1.29, 1.82) is 0 Å². The minimum atomic E-state index is 0. The molecule has 0 saturated heterocycles. The van der Waals surface area contributed by atoms with Crippen LogP contribution in [0.1, 0.15) is 0 Å². The first-order valence-corrected chi connectivity index (χ1v) is 39.2. The number of hydrogen-bond donors (Lipinski definition) is 0. The molecule has 0 fully saturated rings. The fourth-order valence-corrected chi connectivity index (χ4v) is 12.8. The van der Waals surface area contributed by atoms with Crippen LogP contribution in [0.5, 0.6) is 17.2 Å². The van der Waals surface area contributed by atoms with Gasteiger partial charge in [0.2, 0.25) is 0 Å². The number of nitrogens with zero attached hydrogens (tertiary/aromatic N) is 3. The van der Waals surface area contributed by atoms with Gasteiger partial charge in [0.05, 0.1) is 155 Å². The average Bonchev–Trinajstić information content (AvgIpc) is 1.65. The van der Waals surface area contributed by atoms with Gasteiger partial charge >= 0.3 is 20.1 Å². The first-order chi connectivity index (χ1) is 58.0. The molecule has 0 N–H and O–H groups in total. The first kappa shape index (κ1) is 86.7. The van der Waals surface area contributed by atoms with Gasteiger partial charge in [0.1, 0.15) is 53.8 Å². The van der Waals surface area contributed by atoms with Gasteiger partial charge in [-0.2, -0.15) is 0 Å². The third-order valence-electron chi connectivity index (χ3n) is 18.6. The van der Waals surface area contributed by atoms with Gasteiger partial charge in [-0.3, -0.25) is 0 Å². The number of ether oxygens (including phenoxy) is 15. The molecular formula is C96H96IrN3O18. The maximum atomic E-state index is 6.18. The maximum absolute atomic E-state index is 6.18. The molecule has 15 aromatic rings. The second-order valence-corrected chi connectivity index (χ2v) is 26.5. The van der Waals surface area contributed by atoms with E-state index in [1.807, 2.05) is 201 Å². The first-order valence-electron chi connectivity index (χ1n) is 39.2. The van der Waals surface area contributed by atoms with Crippen molar-refractivity contribution in [3.63, 3.8) is 0 Å². The number of pyridine rings is 3. The minimum Gasteiger partial charge on any atom is -0.501 e. The van der Waals surface area contributed by atoms with Gasteiger partial charge in [0.15, 0.2) is 0 Å². The predicted molar refractivity (Wildman–Crippen MR) is 453 cm³/mol. The van der Waals surface area contributed by atoms with Crippen molar-refractivity contribution in [2.75, 3.05) is 180 Å². The van der Waals surface area contributed by atoms with Gasteiger partial charge in [0.25, 0.3) is 0 Å². The second kappa shape index (κ2) is 47.7. The van der Waals surface area contributed by atoms with Crippen LogP contribution in [0.4, 0.5) is 0 Å². The Morgan fingerprint density at radius 3 is 0.737 bits per heavy atom. The summed E-state index contributed by atoms with van der Waals surface area (Å²) in [7, 11) is 4.95. The Morgan fingerprint density at radius 1 is 0.246 bits per heavy atom. The zero-order valence-corrected chi connectivity index (χ0v) is 68.9. The number of methoxy groups -OCH3 is 3. The number of hydrogen-bond acceptors (Lipinski definition) is 21. The van der Waals surface area contributed by atoms with Gasteiger partial charge in [-0.15, -0.1) is 54.6 Å². The van der Waals surface area contributed by atoms with Crippen LogP contribution < -0.4 is 14.2 Å². The Kier molecular flexibility index (Phi) is 35.1. The van der Waals surface area contributed by atoms with Crippen LogP contribution in [0.3, 0.4) is 0 Å². The van der Waals surface area contributed by atoms with Crippen LogP contribution in [-0.2, 0) is 76.9 Å². The maximum Gasteiger partial charge on any atom is 3.00 e. The summed E-state index contributed by atoms with van der Waals surface area (Å²) in [6.07, 6.45) is 5.46. The molecule has 0 unspecified atom stereocenters. The number of benzene rings is 9. The summed E-state index contributed by atoms with van der Waals surface area (Å²) in [5.74, 6) is 2.38. The molecule has 0 bridgehead atoms. The molecule has 0 amide bonds. The molecule has 0 saturated carbocycles. The zero-order valence-electron chi connectivity index (χ0n) is 66.5. The van der Waals surface area contributed by atoms with E-state index in [0.717, 1.165) is 150 Å². The Balaban J connectivity index is 0.000000162. The third-order valence-corrected chi connectivity index (χ3v) is 18.6. The van der Waals surface area contributed by atoms with Crippen molar-refractivity contribution in [1.82, 2.24) is 15.0 Å². The number of furan rings is 3. The van der Waals surface area contributed by atoms with Crippen molar-refractivity contribution < 1.29 is 104 Å². The van der Waals surface area contributed by atoms with E-state index in [4.69, 9.17) is 84.3 Å². The van der Waals surface area contributed by atoms with Crippen LogP contribution in [0.15, 0.2) is 250 Å². The summed E-state index contributed by atoms with van der Waals surface area (Å²) in [6, 6.07) is 82.3. The Labute approximate surface area is 700 Å². The molecule has 612 valence electrons. The van der Waals surface area contributed by atoms with Crippen molar-refractivity contribution in [2.24, 2.45) is 0 Å². The summed E-state index contributed by atoms with van der Waals surface area (Å²) in [5.41, 5.74) is 16.4. The van der Waals surface area contributed by atoms with E-state index < -0.39 is 0 Å². The molecule has 15 rings (SSSR count). The normalized spacial score (nSPS) is 11.3. The molecule has 0 spiro atoms. The van der Waals surface area contributed by atoms with E-state index in [-0.39, 0.29) is 20.1 Å². The molecule has 0 aliphatic rings. The summed E-state index contributed by atoms with van der Waals surface area (Å²) in [6.45, 7) is 12.8. The van der Waals surface area contributed by atoms with Crippen molar-refractivity contribution in [3.8, 4) is 84.4 Å². The number of para-hydroxylation sites is 3. The van der Waals surface area contributed by atoms with Crippen molar-refractivity contribution in [2.45, 2.75) is 0 Å². The zero-order chi connectivity index (χ0) is 80.1. The third kappa shape index (κ3) is 25.0. The summed E-state index contributed by atoms with van der Waals surface area (Å²) in [4.78, 5) is 13.9. The van der Waals surface area contributed by atoms with E-state index in [9.17, 15) is 0 Å². The number of rotatable bonds is 45. The fourth-order valence-electron chi connectivity index (χ4n) is 12.8. The summed E-state index contributed by atoms with van der Waals surface area (Å²) < 4.78 is 99.9. The van der Waals surface area contributed by atoms with Crippen LogP contribution in [0.2, 0.25) is 0 Å². The molecule has 0 atom stereocenters. The van der Waals surface area contributed by atoms with Gasteiger partial charge < -0.3 is 99.3 Å². The summed E-state index contributed by atoms with van der Waals surface area (Å²) >= 11 is 0. The molecule has 0 radical (unpaired) electrons. The topological polar surface area (TPSA) is 217 Å². The Morgan fingerprint density at radius 2 is 0.483 bits per heavy atom. The van der Waals surface area contributed by atoms with Gasteiger partial charge in [-0.1, -0.05) is 142 Å². The average molecular weight is 1770 g/mol.